The third-order valence-electron chi connectivity index (χ3n) is 3.94. The van der Waals surface area contributed by atoms with Crippen molar-refractivity contribution in [1.82, 2.24) is 0 Å². The van der Waals surface area contributed by atoms with Gasteiger partial charge in [-0.05, 0) is 0 Å². The second-order valence-electron chi connectivity index (χ2n) is 5.41. The second-order valence-corrected chi connectivity index (χ2v) is 5.73. The van der Waals surface area contributed by atoms with E-state index < -0.39 is 5.60 Å². The van der Waals surface area contributed by atoms with E-state index in [0.29, 0.717) is 0 Å². The maximum Gasteiger partial charge on any atom is 0.317 e. The first-order valence-corrected chi connectivity index (χ1v) is 8.40. The lowest BCUT2D eigenvalue weighted by Crippen LogP contribution is -2.35. The van der Waals surface area contributed by atoms with Crippen molar-refractivity contribution in [3.8, 4) is 0 Å². The predicted octanol–water partition coefficient (Wildman–Crippen LogP) is 4.45. The molecule has 24 heavy (non-hydrogen) atoms. The normalized spacial score (nSPS) is 11.0. The van der Waals surface area contributed by atoms with Crippen molar-refractivity contribution >= 4 is 18.6 Å². The summed E-state index contributed by atoms with van der Waals surface area (Å²) in [6.07, 6.45) is 0. The number of ether oxygens (including phenoxy) is 1. The minimum absolute atomic E-state index is 0.0221. The molecule has 0 aliphatic heterocycles. The lowest BCUT2D eigenvalue weighted by Gasteiger charge is -2.35. The predicted molar refractivity (Wildman–Crippen MR) is 99.2 cm³/mol. The summed E-state index contributed by atoms with van der Waals surface area (Å²) < 4.78 is 6.03. The highest BCUT2D eigenvalue weighted by Gasteiger charge is 2.40. The van der Waals surface area contributed by atoms with E-state index in [2.05, 4.69) is 12.6 Å². The molecule has 0 aliphatic rings. The Balaban J connectivity index is 2.30. The fourth-order valence-electron chi connectivity index (χ4n) is 2.90. The molecule has 0 aromatic heterocycles. The van der Waals surface area contributed by atoms with Crippen LogP contribution in [0.25, 0.3) is 0 Å². The van der Waals surface area contributed by atoms with E-state index in [1.54, 1.807) is 0 Å². The fourth-order valence-corrected chi connectivity index (χ4v) is 2.96. The number of rotatable bonds is 5. The van der Waals surface area contributed by atoms with Gasteiger partial charge in [0.25, 0.3) is 0 Å². The molecule has 3 heteroatoms. The van der Waals surface area contributed by atoms with E-state index in [-0.39, 0.29) is 11.7 Å². The molecule has 0 saturated heterocycles. The SMILES string of the molecule is O=C(CS)OC(c1ccccc1)(c1ccccc1)c1ccccc1. The van der Waals surface area contributed by atoms with Crippen molar-refractivity contribution in [3.63, 3.8) is 0 Å². The van der Waals surface area contributed by atoms with Crippen LogP contribution in [0.3, 0.4) is 0 Å². The van der Waals surface area contributed by atoms with Crippen molar-refractivity contribution < 1.29 is 9.53 Å². The van der Waals surface area contributed by atoms with Crippen molar-refractivity contribution in [2.45, 2.75) is 5.60 Å². The van der Waals surface area contributed by atoms with Crippen LogP contribution < -0.4 is 0 Å². The van der Waals surface area contributed by atoms with Gasteiger partial charge in [0.2, 0.25) is 0 Å². The Morgan fingerprint density at radius 3 is 1.33 bits per heavy atom. The van der Waals surface area contributed by atoms with Gasteiger partial charge in [0, 0.05) is 16.7 Å². The van der Waals surface area contributed by atoms with Crippen molar-refractivity contribution in [2.75, 3.05) is 5.75 Å². The summed E-state index contributed by atoms with van der Waals surface area (Å²) in [5, 5.41) is 0. The molecule has 0 radical (unpaired) electrons. The fraction of sp³-hybridized carbons (Fsp3) is 0.0952. The first-order chi connectivity index (χ1) is 11.8. The molecule has 0 heterocycles. The quantitative estimate of drug-likeness (QED) is 0.424. The molecule has 2 nitrogen and oxygen atoms in total. The summed E-state index contributed by atoms with van der Waals surface area (Å²) in [5.74, 6) is -0.344. The number of carbonyl (C=O) groups excluding carboxylic acids is 1. The standard InChI is InChI=1S/C21H18O2S/c22-20(16-24)23-21(17-10-4-1-5-11-17,18-12-6-2-7-13-18)19-14-8-3-9-15-19/h1-15,24H,16H2. The number of benzene rings is 3. The minimum Gasteiger partial charge on any atom is -0.444 e. The molecule has 0 unspecified atom stereocenters. The van der Waals surface area contributed by atoms with Crippen LogP contribution in [0.4, 0.5) is 0 Å². The van der Waals surface area contributed by atoms with Crippen LogP contribution in [0.2, 0.25) is 0 Å². The van der Waals surface area contributed by atoms with Crippen molar-refractivity contribution in [1.29, 1.82) is 0 Å². The molecular weight excluding hydrogens is 316 g/mol. The molecule has 120 valence electrons. The molecule has 0 N–H and O–H groups in total. The van der Waals surface area contributed by atoms with Crippen LogP contribution in [0.5, 0.6) is 0 Å². The van der Waals surface area contributed by atoms with Gasteiger partial charge in [0.1, 0.15) is 0 Å². The Morgan fingerprint density at radius 2 is 1.04 bits per heavy atom. The Morgan fingerprint density at radius 1 is 0.708 bits per heavy atom. The van der Waals surface area contributed by atoms with Crippen LogP contribution >= 0.6 is 12.6 Å². The molecule has 3 aromatic rings. The van der Waals surface area contributed by atoms with E-state index in [1.165, 1.54) is 0 Å². The summed E-state index contributed by atoms with van der Waals surface area (Å²) in [6, 6.07) is 29.4. The largest absolute Gasteiger partial charge is 0.444 e. The van der Waals surface area contributed by atoms with Gasteiger partial charge in [-0.25, -0.2) is 0 Å². The van der Waals surface area contributed by atoms with Gasteiger partial charge in [-0.2, -0.15) is 12.6 Å². The number of carbonyl (C=O) groups is 1. The maximum atomic E-state index is 12.2. The lowest BCUT2D eigenvalue weighted by molar-refractivity contribution is -0.150. The molecule has 3 rings (SSSR count). The third-order valence-corrected chi connectivity index (χ3v) is 4.20. The van der Waals surface area contributed by atoms with E-state index in [4.69, 9.17) is 4.74 Å². The van der Waals surface area contributed by atoms with E-state index in [0.717, 1.165) is 16.7 Å². The van der Waals surface area contributed by atoms with Gasteiger partial charge in [-0.15, -0.1) is 0 Å². The molecule has 0 aliphatic carbocycles. The van der Waals surface area contributed by atoms with Crippen molar-refractivity contribution in [3.05, 3.63) is 108 Å². The van der Waals surface area contributed by atoms with E-state index in [9.17, 15) is 4.79 Å². The molecule has 0 saturated carbocycles. The highest BCUT2D eigenvalue weighted by atomic mass is 32.1. The van der Waals surface area contributed by atoms with E-state index in [1.807, 2.05) is 91.0 Å². The average molecular weight is 334 g/mol. The van der Waals surface area contributed by atoms with Gasteiger partial charge >= 0.3 is 5.97 Å². The monoisotopic (exact) mass is 334 g/mol. The van der Waals surface area contributed by atoms with Gasteiger partial charge in [-0.1, -0.05) is 91.0 Å². The van der Waals surface area contributed by atoms with Crippen LogP contribution in [-0.2, 0) is 15.1 Å². The van der Waals surface area contributed by atoms with Crippen LogP contribution in [0.1, 0.15) is 16.7 Å². The Hall–Kier alpha value is -2.52. The molecule has 0 fully saturated rings. The van der Waals surface area contributed by atoms with Crippen LogP contribution in [0.15, 0.2) is 91.0 Å². The molecule has 3 aromatic carbocycles. The maximum absolute atomic E-state index is 12.2. The second kappa shape index (κ2) is 7.37. The Labute approximate surface area is 147 Å². The average Bonchev–Trinajstić information content (AvgIpc) is 2.68. The van der Waals surface area contributed by atoms with Crippen LogP contribution in [0, 0.1) is 0 Å². The zero-order valence-electron chi connectivity index (χ0n) is 13.1. The summed E-state index contributed by atoms with van der Waals surface area (Å²) >= 11 is 4.09. The summed E-state index contributed by atoms with van der Waals surface area (Å²) in [7, 11) is 0. The molecule has 0 atom stereocenters. The zero-order valence-corrected chi connectivity index (χ0v) is 14.0. The van der Waals surface area contributed by atoms with Gasteiger partial charge in [-0.3, -0.25) is 4.79 Å². The smallest absolute Gasteiger partial charge is 0.317 e. The van der Waals surface area contributed by atoms with Gasteiger partial charge < -0.3 is 4.74 Å². The Bertz CT molecular complexity index is 689. The number of thiol groups is 1. The Kier molecular flexibility index (Phi) is 5.02. The highest BCUT2D eigenvalue weighted by molar-refractivity contribution is 7.81. The molecular formula is C21H18O2S. The third kappa shape index (κ3) is 3.08. The number of esters is 1. The number of hydrogen-bond donors (Lipinski definition) is 1. The van der Waals surface area contributed by atoms with Gasteiger partial charge in [0.15, 0.2) is 5.60 Å². The molecule has 0 spiro atoms. The van der Waals surface area contributed by atoms with E-state index >= 15 is 0 Å². The zero-order chi connectivity index (χ0) is 16.8. The minimum atomic E-state index is -0.996. The lowest BCUT2D eigenvalue weighted by atomic mass is 9.80. The topological polar surface area (TPSA) is 26.3 Å². The first-order valence-electron chi connectivity index (χ1n) is 7.76. The number of hydrogen-bond acceptors (Lipinski definition) is 3. The van der Waals surface area contributed by atoms with Crippen molar-refractivity contribution in [2.24, 2.45) is 0 Å². The highest BCUT2D eigenvalue weighted by Crippen LogP contribution is 2.40. The molecule has 0 amide bonds. The van der Waals surface area contributed by atoms with Gasteiger partial charge in [0.05, 0.1) is 5.75 Å². The summed E-state index contributed by atoms with van der Waals surface area (Å²) in [4.78, 5) is 12.2. The summed E-state index contributed by atoms with van der Waals surface area (Å²) in [6.45, 7) is 0. The summed E-state index contributed by atoms with van der Waals surface area (Å²) in [5.41, 5.74) is 1.71. The first kappa shape index (κ1) is 16.3. The molecule has 0 bridgehead atoms. The van der Waals surface area contributed by atoms with Crippen LogP contribution in [-0.4, -0.2) is 11.7 Å².